The standard InChI is InChI=1S/C15H18N2O4S/c1-10(14(19)20)16-9-12(18)17(15(16)21)13(22)8-7-11-5-3-2-4-6-11/h2-6,10,13,22H,7-9H2,1H3,(H,19,20). The molecular formula is C15H18N2O4S. The minimum absolute atomic E-state index is 0.214. The van der Waals surface area contributed by atoms with Gasteiger partial charge in [0.25, 0.3) is 5.91 Å². The van der Waals surface area contributed by atoms with Crippen LogP contribution in [0.1, 0.15) is 18.9 Å². The molecule has 1 aromatic rings. The lowest BCUT2D eigenvalue weighted by atomic mass is 10.1. The summed E-state index contributed by atoms with van der Waals surface area (Å²) in [6.07, 6.45) is 1.19. The van der Waals surface area contributed by atoms with Gasteiger partial charge in [-0.05, 0) is 25.3 Å². The van der Waals surface area contributed by atoms with Crippen molar-refractivity contribution in [2.75, 3.05) is 6.54 Å². The molecule has 2 rings (SSSR count). The van der Waals surface area contributed by atoms with E-state index in [2.05, 4.69) is 12.6 Å². The molecule has 118 valence electrons. The first-order chi connectivity index (χ1) is 10.4. The van der Waals surface area contributed by atoms with Gasteiger partial charge in [-0.1, -0.05) is 30.3 Å². The van der Waals surface area contributed by atoms with Crippen molar-refractivity contribution in [1.29, 1.82) is 0 Å². The Morgan fingerprint density at radius 3 is 2.55 bits per heavy atom. The highest BCUT2D eigenvalue weighted by molar-refractivity contribution is 7.80. The van der Waals surface area contributed by atoms with Crippen molar-refractivity contribution in [2.24, 2.45) is 0 Å². The molecule has 2 unspecified atom stereocenters. The van der Waals surface area contributed by atoms with Crippen LogP contribution in [0.15, 0.2) is 30.3 Å². The van der Waals surface area contributed by atoms with E-state index >= 15 is 0 Å². The summed E-state index contributed by atoms with van der Waals surface area (Å²) in [7, 11) is 0. The van der Waals surface area contributed by atoms with Gasteiger partial charge in [-0.3, -0.25) is 9.69 Å². The molecule has 22 heavy (non-hydrogen) atoms. The van der Waals surface area contributed by atoms with Crippen molar-refractivity contribution >= 4 is 30.5 Å². The number of benzene rings is 1. The number of carboxylic acids is 1. The van der Waals surface area contributed by atoms with Gasteiger partial charge in [0.2, 0.25) is 0 Å². The molecule has 6 nitrogen and oxygen atoms in total. The van der Waals surface area contributed by atoms with Gasteiger partial charge < -0.3 is 10.0 Å². The fourth-order valence-electron chi connectivity index (χ4n) is 2.33. The van der Waals surface area contributed by atoms with E-state index in [-0.39, 0.29) is 6.54 Å². The number of nitrogens with zero attached hydrogens (tertiary/aromatic N) is 2. The minimum Gasteiger partial charge on any atom is -0.480 e. The summed E-state index contributed by atoms with van der Waals surface area (Å²) in [5.74, 6) is -1.55. The third-order valence-corrected chi connectivity index (χ3v) is 4.17. The number of carboxylic acid groups (broad SMARTS) is 1. The van der Waals surface area contributed by atoms with Gasteiger partial charge in [-0.15, -0.1) is 0 Å². The van der Waals surface area contributed by atoms with Gasteiger partial charge >= 0.3 is 12.0 Å². The molecular weight excluding hydrogens is 304 g/mol. The summed E-state index contributed by atoms with van der Waals surface area (Å²) in [5, 5.41) is 8.42. The van der Waals surface area contributed by atoms with Crippen LogP contribution in [-0.2, 0) is 16.0 Å². The van der Waals surface area contributed by atoms with Gasteiger partial charge in [0.1, 0.15) is 12.6 Å². The third-order valence-electron chi connectivity index (χ3n) is 3.68. The van der Waals surface area contributed by atoms with Crippen molar-refractivity contribution in [2.45, 2.75) is 31.2 Å². The third kappa shape index (κ3) is 3.41. The number of carbonyl (C=O) groups excluding carboxylic acids is 2. The maximum Gasteiger partial charge on any atom is 0.328 e. The van der Waals surface area contributed by atoms with Gasteiger partial charge in [-0.25, -0.2) is 9.59 Å². The van der Waals surface area contributed by atoms with Gasteiger partial charge in [-0.2, -0.15) is 12.6 Å². The Labute approximate surface area is 134 Å². The number of carbonyl (C=O) groups is 3. The van der Waals surface area contributed by atoms with Gasteiger partial charge in [0, 0.05) is 0 Å². The van der Waals surface area contributed by atoms with Crippen LogP contribution in [0.4, 0.5) is 4.79 Å². The Bertz CT molecular complexity index is 578. The zero-order chi connectivity index (χ0) is 16.3. The first-order valence-electron chi connectivity index (χ1n) is 6.99. The Kier molecular flexibility index (Phi) is 5.07. The molecule has 7 heteroatoms. The Balaban J connectivity index is 2.00. The Hall–Kier alpha value is -2.02. The molecule has 1 heterocycles. The van der Waals surface area contributed by atoms with Crippen molar-refractivity contribution < 1.29 is 19.5 Å². The molecule has 2 atom stereocenters. The van der Waals surface area contributed by atoms with Crippen molar-refractivity contribution in [3.63, 3.8) is 0 Å². The molecule has 0 spiro atoms. The smallest absolute Gasteiger partial charge is 0.328 e. The minimum atomic E-state index is -1.14. The van der Waals surface area contributed by atoms with E-state index in [0.29, 0.717) is 12.8 Å². The van der Waals surface area contributed by atoms with E-state index in [9.17, 15) is 14.4 Å². The number of urea groups is 1. The zero-order valence-corrected chi connectivity index (χ0v) is 13.1. The molecule has 1 N–H and O–H groups in total. The summed E-state index contributed by atoms with van der Waals surface area (Å²) in [4.78, 5) is 37.3. The maximum atomic E-state index is 12.2. The number of amides is 3. The van der Waals surface area contributed by atoms with Crippen LogP contribution in [0.3, 0.4) is 0 Å². The summed E-state index contributed by atoms with van der Waals surface area (Å²) >= 11 is 4.35. The first-order valence-corrected chi connectivity index (χ1v) is 7.51. The molecule has 0 saturated carbocycles. The van der Waals surface area contributed by atoms with Crippen LogP contribution in [0, 0.1) is 0 Å². The molecule has 0 bridgehead atoms. The topological polar surface area (TPSA) is 77.9 Å². The number of aliphatic carboxylic acids is 1. The fourth-order valence-corrected chi connectivity index (χ4v) is 2.69. The Morgan fingerprint density at radius 1 is 1.32 bits per heavy atom. The second-order valence-electron chi connectivity index (χ2n) is 5.19. The van der Waals surface area contributed by atoms with Gasteiger partial charge in [0.15, 0.2) is 0 Å². The molecule has 0 radical (unpaired) electrons. The lowest BCUT2D eigenvalue weighted by Gasteiger charge is -2.24. The molecule has 1 fully saturated rings. The number of hydrogen-bond acceptors (Lipinski definition) is 4. The van der Waals surface area contributed by atoms with Crippen molar-refractivity contribution in [3.05, 3.63) is 35.9 Å². The zero-order valence-electron chi connectivity index (χ0n) is 12.2. The number of imide groups is 1. The molecule has 1 aliphatic heterocycles. The van der Waals surface area contributed by atoms with E-state index < -0.39 is 29.3 Å². The van der Waals surface area contributed by atoms with Crippen LogP contribution in [0.5, 0.6) is 0 Å². The van der Waals surface area contributed by atoms with Crippen LogP contribution < -0.4 is 0 Å². The largest absolute Gasteiger partial charge is 0.480 e. The second-order valence-corrected chi connectivity index (χ2v) is 5.79. The summed E-state index contributed by atoms with van der Waals surface area (Å²) < 4.78 is 0. The fraction of sp³-hybridized carbons (Fsp3) is 0.400. The number of thiol groups is 1. The quantitative estimate of drug-likeness (QED) is 0.616. The summed E-state index contributed by atoms with van der Waals surface area (Å²) in [5.41, 5.74) is 1.09. The summed E-state index contributed by atoms with van der Waals surface area (Å²) in [6.45, 7) is 1.17. The van der Waals surface area contributed by atoms with E-state index in [1.807, 2.05) is 30.3 Å². The second kappa shape index (κ2) is 6.83. The normalized spacial score (nSPS) is 17.7. The monoisotopic (exact) mass is 322 g/mol. The van der Waals surface area contributed by atoms with Crippen molar-refractivity contribution in [3.8, 4) is 0 Å². The highest BCUT2D eigenvalue weighted by atomic mass is 32.1. The van der Waals surface area contributed by atoms with Crippen LogP contribution in [0.25, 0.3) is 0 Å². The van der Waals surface area contributed by atoms with E-state index in [0.717, 1.165) is 15.4 Å². The molecule has 0 aliphatic carbocycles. The van der Waals surface area contributed by atoms with Crippen LogP contribution in [-0.4, -0.2) is 50.8 Å². The van der Waals surface area contributed by atoms with E-state index in [1.54, 1.807) is 0 Å². The predicted octanol–water partition coefficient (Wildman–Crippen LogP) is 1.61. The highest BCUT2D eigenvalue weighted by Gasteiger charge is 2.42. The maximum absolute atomic E-state index is 12.2. The van der Waals surface area contributed by atoms with Crippen LogP contribution >= 0.6 is 12.6 Å². The molecule has 3 amide bonds. The predicted molar refractivity (Wildman–Crippen MR) is 83.6 cm³/mol. The number of aryl methyl sites for hydroxylation is 1. The number of hydrogen-bond donors (Lipinski definition) is 2. The molecule has 1 saturated heterocycles. The molecule has 0 aromatic heterocycles. The van der Waals surface area contributed by atoms with Crippen molar-refractivity contribution in [1.82, 2.24) is 9.80 Å². The highest BCUT2D eigenvalue weighted by Crippen LogP contribution is 2.22. The number of rotatable bonds is 6. The van der Waals surface area contributed by atoms with E-state index in [4.69, 9.17) is 5.11 Å². The van der Waals surface area contributed by atoms with E-state index in [1.165, 1.54) is 6.92 Å². The van der Waals surface area contributed by atoms with Crippen LogP contribution in [0.2, 0.25) is 0 Å². The van der Waals surface area contributed by atoms with Gasteiger partial charge in [0.05, 0.1) is 5.37 Å². The Morgan fingerprint density at radius 2 is 1.95 bits per heavy atom. The molecule has 1 aliphatic rings. The first kappa shape index (κ1) is 16.4. The summed E-state index contributed by atoms with van der Waals surface area (Å²) in [6, 6.07) is 8.07. The lowest BCUT2D eigenvalue weighted by molar-refractivity contribution is -0.141. The molecule has 1 aromatic carbocycles. The average Bonchev–Trinajstić information content (AvgIpc) is 2.80. The SMILES string of the molecule is CC(C(=O)O)N1CC(=O)N(C(S)CCc2ccccc2)C1=O. The lowest BCUT2D eigenvalue weighted by Crippen LogP contribution is -2.43. The average molecular weight is 322 g/mol.